The second kappa shape index (κ2) is 5.70. The molecule has 1 atom stereocenters. The summed E-state index contributed by atoms with van der Waals surface area (Å²) in [7, 11) is 0. The minimum atomic E-state index is 0.265. The third-order valence-electron chi connectivity index (χ3n) is 3.53. The van der Waals surface area contributed by atoms with Crippen molar-refractivity contribution in [3.63, 3.8) is 0 Å². The zero-order valence-electron chi connectivity index (χ0n) is 11.3. The van der Waals surface area contributed by atoms with Gasteiger partial charge in [-0.05, 0) is 30.2 Å². The molecule has 0 saturated heterocycles. The van der Waals surface area contributed by atoms with Crippen molar-refractivity contribution in [3.8, 4) is 0 Å². The lowest BCUT2D eigenvalue weighted by atomic mass is 10.1. The Balaban J connectivity index is 1.79. The summed E-state index contributed by atoms with van der Waals surface area (Å²) in [6, 6.07) is 18.5. The van der Waals surface area contributed by atoms with Gasteiger partial charge in [-0.2, -0.15) is 0 Å². The number of halogens is 1. The molecule has 0 fully saturated rings. The Bertz CT molecular complexity index is 705. The molecular formula is C17H16ClNO. The van der Waals surface area contributed by atoms with Crippen molar-refractivity contribution in [1.29, 1.82) is 0 Å². The normalized spacial score (nSPS) is 12.7. The molecule has 102 valence electrons. The molecule has 0 spiro atoms. The standard InChI is InChI=1S/C17H16ClNO/c1-12(13-7-3-2-4-8-13)19-11-15-14-9-5-6-10-16(14)20-17(15)18/h2-10,12,19H,11H2,1H3/t12-/m0/s1. The Kier molecular flexibility index (Phi) is 3.77. The first-order valence-corrected chi connectivity index (χ1v) is 7.08. The molecule has 1 aromatic heterocycles. The Morgan fingerprint density at radius 1 is 1.05 bits per heavy atom. The van der Waals surface area contributed by atoms with E-state index in [-0.39, 0.29) is 6.04 Å². The lowest BCUT2D eigenvalue weighted by Crippen LogP contribution is -2.17. The molecule has 2 aromatic carbocycles. The average Bonchev–Trinajstić information content (AvgIpc) is 2.81. The van der Waals surface area contributed by atoms with E-state index in [2.05, 4.69) is 24.4 Å². The highest BCUT2D eigenvalue weighted by Gasteiger charge is 2.13. The molecule has 0 saturated carbocycles. The number of nitrogens with one attached hydrogen (secondary N) is 1. The van der Waals surface area contributed by atoms with E-state index in [0.717, 1.165) is 16.5 Å². The van der Waals surface area contributed by atoms with Crippen LogP contribution >= 0.6 is 11.6 Å². The van der Waals surface area contributed by atoms with Gasteiger partial charge in [0.1, 0.15) is 5.58 Å². The van der Waals surface area contributed by atoms with Crippen LogP contribution in [-0.4, -0.2) is 0 Å². The molecule has 20 heavy (non-hydrogen) atoms. The molecule has 1 N–H and O–H groups in total. The second-order valence-electron chi connectivity index (χ2n) is 4.86. The van der Waals surface area contributed by atoms with Crippen molar-refractivity contribution in [2.24, 2.45) is 0 Å². The molecule has 3 aromatic rings. The van der Waals surface area contributed by atoms with E-state index in [1.807, 2.05) is 42.5 Å². The quantitative estimate of drug-likeness (QED) is 0.735. The Labute approximate surface area is 123 Å². The minimum Gasteiger partial charge on any atom is -0.444 e. The summed E-state index contributed by atoms with van der Waals surface area (Å²) in [6.45, 7) is 2.83. The summed E-state index contributed by atoms with van der Waals surface area (Å²) in [5.41, 5.74) is 3.11. The number of para-hydroxylation sites is 1. The number of rotatable bonds is 4. The van der Waals surface area contributed by atoms with Crippen molar-refractivity contribution >= 4 is 22.6 Å². The minimum absolute atomic E-state index is 0.265. The molecule has 3 rings (SSSR count). The van der Waals surface area contributed by atoms with E-state index < -0.39 is 0 Å². The molecule has 2 nitrogen and oxygen atoms in total. The highest BCUT2D eigenvalue weighted by Crippen LogP contribution is 2.29. The first kappa shape index (κ1) is 13.2. The third-order valence-corrected chi connectivity index (χ3v) is 3.84. The van der Waals surface area contributed by atoms with E-state index in [9.17, 15) is 0 Å². The van der Waals surface area contributed by atoms with Crippen molar-refractivity contribution in [3.05, 3.63) is 70.9 Å². The van der Waals surface area contributed by atoms with Crippen LogP contribution in [-0.2, 0) is 6.54 Å². The van der Waals surface area contributed by atoms with E-state index in [0.29, 0.717) is 11.8 Å². The van der Waals surface area contributed by atoms with Gasteiger partial charge in [-0.3, -0.25) is 0 Å². The molecular weight excluding hydrogens is 270 g/mol. The van der Waals surface area contributed by atoms with Gasteiger partial charge in [-0.15, -0.1) is 0 Å². The van der Waals surface area contributed by atoms with E-state index in [1.165, 1.54) is 5.56 Å². The van der Waals surface area contributed by atoms with Gasteiger partial charge >= 0.3 is 0 Å². The third kappa shape index (κ3) is 2.58. The van der Waals surface area contributed by atoms with Gasteiger partial charge in [0.05, 0.1) is 0 Å². The molecule has 3 heteroatoms. The van der Waals surface area contributed by atoms with Gasteiger partial charge in [0, 0.05) is 23.5 Å². The lowest BCUT2D eigenvalue weighted by molar-refractivity contribution is 0.563. The zero-order valence-corrected chi connectivity index (χ0v) is 12.0. The maximum absolute atomic E-state index is 6.19. The predicted molar refractivity (Wildman–Crippen MR) is 82.9 cm³/mol. The van der Waals surface area contributed by atoms with Crippen LogP contribution in [0.5, 0.6) is 0 Å². The zero-order chi connectivity index (χ0) is 13.9. The number of hydrogen-bond acceptors (Lipinski definition) is 2. The van der Waals surface area contributed by atoms with Crippen LogP contribution in [0.2, 0.25) is 5.22 Å². The molecule has 1 heterocycles. The summed E-state index contributed by atoms with van der Waals surface area (Å²) in [4.78, 5) is 0. The molecule has 0 radical (unpaired) electrons. The SMILES string of the molecule is C[C@H](NCc1c(Cl)oc2ccccc12)c1ccccc1. The first-order chi connectivity index (χ1) is 9.75. The van der Waals surface area contributed by atoms with Crippen molar-refractivity contribution in [2.75, 3.05) is 0 Å². The van der Waals surface area contributed by atoms with Crippen LogP contribution in [0.3, 0.4) is 0 Å². The van der Waals surface area contributed by atoms with Crippen LogP contribution in [0.4, 0.5) is 0 Å². The fourth-order valence-electron chi connectivity index (χ4n) is 2.35. The largest absolute Gasteiger partial charge is 0.444 e. The highest BCUT2D eigenvalue weighted by atomic mass is 35.5. The number of benzene rings is 2. The molecule has 0 unspecified atom stereocenters. The van der Waals surface area contributed by atoms with Crippen LogP contribution in [0.15, 0.2) is 59.0 Å². The lowest BCUT2D eigenvalue weighted by Gasteiger charge is -2.13. The van der Waals surface area contributed by atoms with Gasteiger partial charge in [-0.25, -0.2) is 0 Å². The monoisotopic (exact) mass is 285 g/mol. The van der Waals surface area contributed by atoms with Crippen LogP contribution in [0, 0.1) is 0 Å². The maximum Gasteiger partial charge on any atom is 0.199 e. The molecule has 0 aliphatic heterocycles. The predicted octanol–water partition coefficient (Wildman–Crippen LogP) is 4.94. The first-order valence-electron chi connectivity index (χ1n) is 6.70. The summed E-state index contributed by atoms with van der Waals surface area (Å²) in [5, 5.41) is 5.04. The second-order valence-corrected chi connectivity index (χ2v) is 5.21. The summed E-state index contributed by atoms with van der Waals surface area (Å²) >= 11 is 6.19. The topological polar surface area (TPSA) is 25.2 Å². The van der Waals surface area contributed by atoms with Crippen molar-refractivity contribution < 1.29 is 4.42 Å². The van der Waals surface area contributed by atoms with Crippen molar-refractivity contribution in [1.82, 2.24) is 5.32 Å². The van der Waals surface area contributed by atoms with Crippen LogP contribution in [0.25, 0.3) is 11.0 Å². The highest BCUT2D eigenvalue weighted by molar-refractivity contribution is 6.30. The molecule has 0 amide bonds. The van der Waals surface area contributed by atoms with Crippen molar-refractivity contribution in [2.45, 2.75) is 19.5 Å². The number of fused-ring (bicyclic) bond motifs is 1. The van der Waals surface area contributed by atoms with E-state index in [4.69, 9.17) is 16.0 Å². The Hall–Kier alpha value is -1.77. The molecule has 0 aliphatic carbocycles. The van der Waals surface area contributed by atoms with E-state index in [1.54, 1.807) is 0 Å². The summed E-state index contributed by atoms with van der Waals surface area (Å²) < 4.78 is 5.56. The summed E-state index contributed by atoms with van der Waals surface area (Å²) in [6.07, 6.45) is 0. The Morgan fingerprint density at radius 2 is 1.75 bits per heavy atom. The number of hydrogen-bond donors (Lipinski definition) is 1. The smallest absolute Gasteiger partial charge is 0.199 e. The number of furan rings is 1. The van der Waals surface area contributed by atoms with Gasteiger partial charge < -0.3 is 9.73 Å². The van der Waals surface area contributed by atoms with Crippen LogP contribution in [0.1, 0.15) is 24.1 Å². The summed E-state index contributed by atoms with van der Waals surface area (Å²) in [5.74, 6) is 0. The van der Waals surface area contributed by atoms with Gasteiger partial charge in [0.25, 0.3) is 0 Å². The average molecular weight is 286 g/mol. The fourth-order valence-corrected chi connectivity index (χ4v) is 2.60. The van der Waals surface area contributed by atoms with Crippen LogP contribution < -0.4 is 5.32 Å². The van der Waals surface area contributed by atoms with Gasteiger partial charge in [0.15, 0.2) is 5.22 Å². The Morgan fingerprint density at radius 3 is 2.55 bits per heavy atom. The van der Waals surface area contributed by atoms with Gasteiger partial charge in [0.2, 0.25) is 0 Å². The maximum atomic E-state index is 6.19. The molecule has 0 bridgehead atoms. The van der Waals surface area contributed by atoms with E-state index >= 15 is 0 Å². The fraction of sp³-hybridized carbons (Fsp3) is 0.176. The van der Waals surface area contributed by atoms with Gasteiger partial charge in [-0.1, -0.05) is 48.5 Å². The molecule has 0 aliphatic rings.